The largest absolute Gasteiger partial charge is 0.481 e. The van der Waals surface area contributed by atoms with Crippen molar-refractivity contribution in [3.8, 4) is 0 Å². The number of carbonyl (C=O) groups is 2. The van der Waals surface area contributed by atoms with Gasteiger partial charge in [-0.1, -0.05) is 12.3 Å². The van der Waals surface area contributed by atoms with Crippen molar-refractivity contribution in [2.45, 2.75) is 20.3 Å². The van der Waals surface area contributed by atoms with Gasteiger partial charge in [-0.05, 0) is 13.8 Å². The highest BCUT2D eigenvalue weighted by molar-refractivity contribution is 5.77. The van der Waals surface area contributed by atoms with E-state index in [9.17, 15) is 9.59 Å². The molecule has 4 nitrogen and oxygen atoms in total. The molecule has 0 aromatic heterocycles. The van der Waals surface area contributed by atoms with E-state index in [1.165, 1.54) is 7.11 Å². The first-order chi connectivity index (χ1) is 5.81. The van der Waals surface area contributed by atoms with E-state index in [-0.39, 0.29) is 6.42 Å². The molecule has 0 fully saturated rings. The van der Waals surface area contributed by atoms with Crippen molar-refractivity contribution in [2.24, 2.45) is 11.3 Å². The van der Waals surface area contributed by atoms with Crippen LogP contribution in [0, 0.1) is 18.3 Å². The maximum absolute atomic E-state index is 10.9. The molecule has 76 valence electrons. The Kier molecular flexibility index (Phi) is 3.91. The summed E-state index contributed by atoms with van der Waals surface area (Å²) in [6, 6.07) is 0. The van der Waals surface area contributed by atoms with Crippen LogP contribution in [-0.4, -0.2) is 24.2 Å². The Morgan fingerprint density at radius 1 is 1.54 bits per heavy atom. The van der Waals surface area contributed by atoms with Crippen molar-refractivity contribution in [1.82, 2.24) is 0 Å². The van der Waals surface area contributed by atoms with Crippen molar-refractivity contribution in [3.63, 3.8) is 0 Å². The van der Waals surface area contributed by atoms with E-state index in [0.717, 1.165) is 0 Å². The zero-order valence-electron chi connectivity index (χ0n) is 8.16. The molecule has 0 rings (SSSR count). The molecule has 0 aliphatic rings. The summed E-state index contributed by atoms with van der Waals surface area (Å²) >= 11 is 0. The van der Waals surface area contributed by atoms with Crippen LogP contribution < -0.4 is 0 Å². The lowest BCUT2D eigenvalue weighted by Gasteiger charge is -2.25. The normalized spacial score (nSPS) is 13.5. The molecule has 4 heteroatoms. The van der Waals surface area contributed by atoms with Crippen LogP contribution in [0.2, 0.25) is 0 Å². The highest BCUT2D eigenvalue weighted by atomic mass is 16.5. The van der Waals surface area contributed by atoms with Gasteiger partial charge in [0.15, 0.2) is 0 Å². The van der Waals surface area contributed by atoms with Gasteiger partial charge in [0, 0.05) is 0 Å². The van der Waals surface area contributed by atoms with Crippen LogP contribution in [0.25, 0.3) is 0 Å². The van der Waals surface area contributed by atoms with Crippen molar-refractivity contribution in [2.75, 3.05) is 7.11 Å². The van der Waals surface area contributed by atoms with Gasteiger partial charge in [0.1, 0.15) is 0 Å². The lowest BCUT2D eigenvalue weighted by Crippen LogP contribution is -2.29. The quantitative estimate of drug-likeness (QED) is 0.529. The van der Waals surface area contributed by atoms with Crippen LogP contribution in [0.4, 0.5) is 0 Å². The van der Waals surface area contributed by atoms with Crippen LogP contribution in [0.1, 0.15) is 20.3 Å². The van der Waals surface area contributed by atoms with Gasteiger partial charge in [0.2, 0.25) is 0 Å². The highest BCUT2D eigenvalue weighted by Crippen LogP contribution is 2.25. The third-order valence-corrected chi connectivity index (χ3v) is 1.87. The van der Waals surface area contributed by atoms with E-state index in [4.69, 9.17) is 5.11 Å². The minimum atomic E-state index is -0.944. The summed E-state index contributed by atoms with van der Waals surface area (Å²) in [4.78, 5) is 21.6. The molecule has 0 saturated carbocycles. The molecular formula is C9H15O4-. The second-order valence-electron chi connectivity index (χ2n) is 3.61. The summed E-state index contributed by atoms with van der Waals surface area (Å²) in [6.45, 7) is 6.64. The van der Waals surface area contributed by atoms with E-state index < -0.39 is 23.3 Å². The van der Waals surface area contributed by atoms with Crippen LogP contribution in [0.5, 0.6) is 0 Å². The number of ether oxygens (including phenoxy) is 1. The number of carboxylic acid groups (broad SMARTS) is 1. The third kappa shape index (κ3) is 3.44. The molecule has 0 aliphatic carbocycles. The standard InChI is InChI=1S/C9H15O4/c1-6(7(10)13-4)5-9(2,3)8(11)12/h6H,1,5H2,2-4H3,(H,11,12)/q-1. The Hall–Kier alpha value is -1.06. The Bertz CT molecular complexity index is 208. The smallest absolute Gasteiger partial charge is 0.308 e. The van der Waals surface area contributed by atoms with Crippen LogP contribution in [0.15, 0.2) is 0 Å². The van der Waals surface area contributed by atoms with Gasteiger partial charge < -0.3 is 16.8 Å². The second-order valence-corrected chi connectivity index (χ2v) is 3.61. The van der Waals surface area contributed by atoms with Gasteiger partial charge in [-0.25, -0.2) is 0 Å². The zero-order chi connectivity index (χ0) is 10.6. The minimum absolute atomic E-state index is 0.176. The maximum Gasteiger partial charge on any atom is 0.308 e. The predicted molar refractivity (Wildman–Crippen MR) is 46.9 cm³/mol. The van der Waals surface area contributed by atoms with Gasteiger partial charge in [-0.2, -0.15) is 0 Å². The van der Waals surface area contributed by atoms with Gasteiger partial charge in [-0.15, -0.1) is 0 Å². The van der Waals surface area contributed by atoms with Crippen molar-refractivity contribution in [1.29, 1.82) is 0 Å². The number of aliphatic carboxylic acids is 1. The summed E-state index contributed by atoms with van der Waals surface area (Å²) in [5.74, 6) is -2.05. The highest BCUT2D eigenvalue weighted by Gasteiger charge is 2.29. The molecular weight excluding hydrogens is 172 g/mol. The van der Waals surface area contributed by atoms with E-state index in [2.05, 4.69) is 11.7 Å². The molecule has 1 unspecified atom stereocenters. The molecule has 0 aliphatic heterocycles. The molecule has 0 aromatic carbocycles. The summed E-state index contributed by atoms with van der Waals surface area (Å²) < 4.78 is 4.44. The lowest BCUT2D eigenvalue weighted by molar-refractivity contribution is -0.150. The van der Waals surface area contributed by atoms with E-state index in [0.29, 0.717) is 0 Å². The van der Waals surface area contributed by atoms with Crippen LogP contribution in [0.3, 0.4) is 0 Å². The first-order valence-electron chi connectivity index (χ1n) is 3.95. The fourth-order valence-corrected chi connectivity index (χ4v) is 0.953. The van der Waals surface area contributed by atoms with Gasteiger partial charge in [0.05, 0.1) is 12.5 Å². The van der Waals surface area contributed by atoms with Gasteiger partial charge in [0.25, 0.3) is 5.97 Å². The molecule has 0 saturated heterocycles. The number of carboxylic acids is 1. The Morgan fingerprint density at radius 2 is 2.00 bits per heavy atom. The molecule has 0 amide bonds. The number of hydrogen-bond acceptors (Lipinski definition) is 3. The topological polar surface area (TPSA) is 63.6 Å². The van der Waals surface area contributed by atoms with Crippen molar-refractivity contribution >= 4 is 11.9 Å². The average molecular weight is 187 g/mol. The predicted octanol–water partition coefficient (Wildman–Crippen LogP) is 1.11. The molecule has 0 spiro atoms. The molecule has 0 bridgehead atoms. The molecule has 0 radical (unpaired) electrons. The molecule has 0 aromatic rings. The summed E-state index contributed by atoms with van der Waals surface area (Å²) in [7, 11) is 1.26. The lowest BCUT2D eigenvalue weighted by atomic mass is 9.83. The molecule has 1 N–H and O–H groups in total. The Labute approximate surface area is 77.9 Å². The monoisotopic (exact) mass is 187 g/mol. The Balaban J connectivity index is 4.27. The average Bonchev–Trinajstić information content (AvgIpc) is 2.01. The van der Waals surface area contributed by atoms with E-state index in [1.54, 1.807) is 13.8 Å². The Morgan fingerprint density at radius 3 is 2.31 bits per heavy atom. The third-order valence-electron chi connectivity index (χ3n) is 1.87. The molecule has 1 atom stereocenters. The maximum atomic E-state index is 10.9. The number of rotatable bonds is 4. The van der Waals surface area contributed by atoms with Crippen LogP contribution >= 0.6 is 0 Å². The molecule has 13 heavy (non-hydrogen) atoms. The fourth-order valence-electron chi connectivity index (χ4n) is 0.953. The first kappa shape index (κ1) is 11.9. The number of esters is 1. The van der Waals surface area contributed by atoms with E-state index in [1.807, 2.05) is 0 Å². The van der Waals surface area contributed by atoms with Crippen molar-refractivity contribution < 1.29 is 19.4 Å². The summed E-state index contributed by atoms with van der Waals surface area (Å²) in [5.41, 5.74) is -0.944. The first-order valence-corrected chi connectivity index (χ1v) is 3.95. The number of hydrogen-bond donors (Lipinski definition) is 1. The summed E-state index contributed by atoms with van der Waals surface area (Å²) in [6.07, 6.45) is 0.176. The minimum Gasteiger partial charge on any atom is -0.481 e. The fraction of sp³-hybridized carbons (Fsp3) is 0.667. The number of methoxy groups -OCH3 is 1. The SMILES string of the molecule is [CH2-]C(CC(C)(C)C(=O)O)C(=O)OC. The summed E-state index contributed by atoms with van der Waals surface area (Å²) in [5, 5.41) is 8.76. The van der Waals surface area contributed by atoms with E-state index >= 15 is 0 Å². The van der Waals surface area contributed by atoms with Gasteiger partial charge in [-0.3, -0.25) is 9.59 Å². The van der Waals surface area contributed by atoms with Crippen LogP contribution in [-0.2, 0) is 14.3 Å². The van der Waals surface area contributed by atoms with Gasteiger partial charge >= 0.3 is 5.97 Å². The molecule has 0 heterocycles. The number of carbonyl (C=O) groups excluding carboxylic acids is 1. The van der Waals surface area contributed by atoms with Crippen molar-refractivity contribution in [3.05, 3.63) is 6.92 Å². The second kappa shape index (κ2) is 4.25. The zero-order valence-corrected chi connectivity index (χ0v) is 8.16.